The fourth-order valence-electron chi connectivity index (χ4n) is 1.19. The van der Waals surface area contributed by atoms with Gasteiger partial charge in [-0.15, -0.1) is 0 Å². The van der Waals surface area contributed by atoms with Gasteiger partial charge in [0.25, 0.3) is 0 Å². The molecule has 0 spiro atoms. The van der Waals surface area contributed by atoms with Gasteiger partial charge in [0.15, 0.2) is 10.4 Å². The Hall–Kier alpha value is -0.900. The zero-order valence-electron chi connectivity index (χ0n) is 8.13. The molecule has 0 radical (unpaired) electrons. The van der Waals surface area contributed by atoms with Crippen LogP contribution in [0.3, 0.4) is 0 Å². The van der Waals surface area contributed by atoms with E-state index in [4.69, 9.17) is 17.0 Å². The molecule has 0 atom stereocenters. The molecule has 0 aliphatic heterocycles. The Labute approximate surface area is 83.2 Å². The monoisotopic (exact) mass is 198 g/mol. The smallest absolute Gasteiger partial charge is 0.174 e. The van der Waals surface area contributed by atoms with Gasteiger partial charge in [-0.25, -0.2) is 4.98 Å². The van der Waals surface area contributed by atoms with Gasteiger partial charge >= 0.3 is 0 Å². The second-order valence-electron chi connectivity index (χ2n) is 3.32. The van der Waals surface area contributed by atoms with Crippen LogP contribution in [0, 0.1) is 10.6 Å². The van der Waals surface area contributed by atoms with Crippen LogP contribution in [0.1, 0.15) is 19.5 Å². The summed E-state index contributed by atoms with van der Waals surface area (Å²) in [5, 5.41) is 0. The van der Waals surface area contributed by atoms with E-state index >= 15 is 0 Å². The number of aromatic nitrogens is 2. The van der Waals surface area contributed by atoms with E-state index in [1.807, 2.05) is 0 Å². The van der Waals surface area contributed by atoms with Gasteiger partial charge in [-0.1, -0.05) is 26.1 Å². The van der Waals surface area contributed by atoms with Crippen molar-refractivity contribution in [2.75, 3.05) is 7.11 Å². The highest BCUT2D eigenvalue weighted by Gasteiger charge is 2.07. The molecule has 3 nitrogen and oxygen atoms in total. The first kappa shape index (κ1) is 10.2. The Balaban J connectivity index is 3.05. The molecule has 0 unspecified atom stereocenters. The summed E-state index contributed by atoms with van der Waals surface area (Å²) < 4.78 is 5.70. The highest BCUT2D eigenvalue weighted by atomic mass is 32.1. The second kappa shape index (κ2) is 4.37. The Kier molecular flexibility index (Phi) is 3.42. The van der Waals surface area contributed by atoms with E-state index in [2.05, 4.69) is 23.8 Å². The van der Waals surface area contributed by atoms with Gasteiger partial charge < -0.3 is 9.72 Å². The van der Waals surface area contributed by atoms with Crippen molar-refractivity contribution >= 4 is 12.2 Å². The summed E-state index contributed by atoms with van der Waals surface area (Å²) in [6, 6.07) is 0. The number of nitrogens with zero attached hydrogens (tertiary/aromatic N) is 1. The summed E-state index contributed by atoms with van der Waals surface area (Å²) in [4.78, 5) is 7.01. The third kappa shape index (κ3) is 2.52. The van der Waals surface area contributed by atoms with Crippen molar-refractivity contribution in [1.29, 1.82) is 0 Å². The van der Waals surface area contributed by atoms with Crippen molar-refractivity contribution in [2.24, 2.45) is 5.92 Å². The number of hydrogen-bond donors (Lipinski definition) is 1. The predicted molar refractivity (Wildman–Crippen MR) is 54.5 cm³/mol. The van der Waals surface area contributed by atoms with Crippen LogP contribution >= 0.6 is 12.2 Å². The molecule has 0 saturated carbocycles. The second-order valence-corrected chi connectivity index (χ2v) is 3.70. The molecule has 0 aliphatic rings. The first-order valence-corrected chi connectivity index (χ1v) is 4.66. The van der Waals surface area contributed by atoms with Crippen LogP contribution < -0.4 is 4.74 Å². The lowest BCUT2D eigenvalue weighted by atomic mass is 10.1. The van der Waals surface area contributed by atoms with Crippen LogP contribution in [0.4, 0.5) is 0 Å². The van der Waals surface area contributed by atoms with E-state index in [1.165, 1.54) is 0 Å². The van der Waals surface area contributed by atoms with E-state index in [1.54, 1.807) is 13.4 Å². The summed E-state index contributed by atoms with van der Waals surface area (Å²) in [5.74, 6) is 1.27. The maximum atomic E-state index is 5.18. The van der Waals surface area contributed by atoms with Crippen molar-refractivity contribution in [3.05, 3.63) is 16.7 Å². The van der Waals surface area contributed by atoms with Crippen LogP contribution in [0.15, 0.2) is 6.33 Å². The van der Waals surface area contributed by atoms with Gasteiger partial charge in [0.05, 0.1) is 19.1 Å². The Morgan fingerprint density at radius 1 is 1.62 bits per heavy atom. The molecule has 1 aromatic rings. The number of H-pyrrole nitrogens is 1. The third-order valence-corrected chi connectivity index (χ3v) is 2.00. The van der Waals surface area contributed by atoms with E-state index in [0.29, 0.717) is 16.3 Å². The summed E-state index contributed by atoms with van der Waals surface area (Å²) in [6.45, 7) is 4.30. The summed E-state index contributed by atoms with van der Waals surface area (Å²) in [7, 11) is 1.62. The molecule has 13 heavy (non-hydrogen) atoms. The lowest BCUT2D eigenvalue weighted by Crippen LogP contribution is -2.02. The highest BCUT2D eigenvalue weighted by Crippen LogP contribution is 2.18. The minimum atomic E-state index is 0.525. The van der Waals surface area contributed by atoms with Gasteiger partial charge in [-0.3, -0.25) is 0 Å². The van der Waals surface area contributed by atoms with Crippen LogP contribution in [0.5, 0.6) is 5.75 Å². The van der Waals surface area contributed by atoms with E-state index in [0.717, 1.165) is 12.1 Å². The Bertz CT molecular complexity index is 333. The number of hydrogen-bond acceptors (Lipinski definition) is 3. The molecule has 0 aliphatic carbocycles. The zero-order chi connectivity index (χ0) is 9.84. The lowest BCUT2D eigenvalue weighted by Gasteiger charge is -2.09. The van der Waals surface area contributed by atoms with Crippen molar-refractivity contribution < 1.29 is 4.74 Å². The standard InChI is InChI=1S/C9H14N2OS/c1-6(2)4-7-8(12-3)9(13)11-5-10-7/h5-6H,4H2,1-3H3,(H,10,11,13). The SMILES string of the molecule is COc1c(CC(C)C)[nH]cnc1=S. The van der Waals surface area contributed by atoms with Crippen LogP contribution in [-0.4, -0.2) is 17.1 Å². The summed E-state index contributed by atoms with van der Waals surface area (Å²) >= 11 is 5.04. The molecule has 72 valence electrons. The number of ether oxygens (including phenoxy) is 1. The van der Waals surface area contributed by atoms with E-state index in [-0.39, 0.29) is 0 Å². The summed E-state index contributed by atoms with van der Waals surface area (Å²) in [5.41, 5.74) is 1.03. The highest BCUT2D eigenvalue weighted by molar-refractivity contribution is 7.71. The quantitative estimate of drug-likeness (QED) is 0.758. The molecule has 1 heterocycles. The average Bonchev–Trinajstić information content (AvgIpc) is 2.03. The van der Waals surface area contributed by atoms with Gasteiger partial charge in [0.1, 0.15) is 0 Å². The van der Waals surface area contributed by atoms with E-state index < -0.39 is 0 Å². The third-order valence-electron chi connectivity index (χ3n) is 1.71. The Morgan fingerprint density at radius 2 is 2.31 bits per heavy atom. The molecular weight excluding hydrogens is 184 g/mol. The average molecular weight is 198 g/mol. The number of nitrogens with one attached hydrogen (secondary N) is 1. The molecular formula is C9H14N2OS. The molecule has 4 heteroatoms. The first-order chi connectivity index (χ1) is 6.15. The molecule has 0 bridgehead atoms. The van der Waals surface area contributed by atoms with Gasteiger partial charge in [-0.05, 0) is 12.3 Å². The minimum Gasteiger partial charge on any atom is -0.492 e. The van der Waals surface area contributed by atoms with Crippen molar-refractivity contribution in [2.45, 2.75) is 20.3 Å². The maximum absolute atomic E-state index is 5.18. The van der Waals surface area contributed by atoms with E-state index in [9.17, 15) is 0 Å². The van der Waals surface area contributed by atoms with Crippen molar-refractivity contribution in [3.63, 3.8) is 0 Å². The summed E-state index contributed by atoms with van der Waals surface area (Å²) in [6.07, 6.45) is 2.54. The normalized spacial score (nSPS) is 10.5. The zero-order valence-corrected chi connectivity index (χ0v) is 8.94. The molecule has 1 rings (SSSR count). The van der Waals surface area contributed by atoms with Crippen LogP contribution in [0.2, 0.25) is 0 Å². The van der Waals surface area contributed by atoms with Gasteiger partial charge in [-0.2, -0.15) is 0 Å². The number of rotatable bonds is 3. The van der Waals surface area contributed by atoms with Gasteiger partial charge in [0, 0.05) is 0 Å². The first-order valence-electron chi connectivity index (χ1n) is 4.25. The molecule has 0 saturated heterocycles. The molecule has 0 fully saturated rings. The molecule has 1 aromatic heterocycles. The van der Waals surface area contributed by atoms with Crippen molar-refractivity contribution in [3.8, 4) is 5.75 Å². The predicted octanol–water partition coefficient (Wildman–Crippen LogP) is 2.35. The maximum Gasteiger partial charge on any atom is 0.174 e. The molecule has 0 aromatic carbocycles. The topological polar surface area (TPSA) is 37.9 Å². The largest absolute Gasteiger partial charge is 0.492 e. The minimum absolute atomic E-state index is 0.525. The van der Waals surface area contributed by atoms with Crippen molar-refractivity contribution in [1.82, 2.24) is 9.97 Å². The number of aromatic amines is 1. The van der Waals surface area contributed by atoms with Crippen LogP contribution in [0.25, 0.3) is 0 Å². The molecule has 1 N–H and O–H groups in total. The fraction of sp³-hybridized carbons (Fsp3) is 0.556. The fourth-order valence-corrected chi connectivity index (χ4v) is 1.45. The van der Waals surface area contributed by atoms with Crippen LogP contribution in [-0.2, 0) is 6.42 Å². The number of methoxy groups -OCH3 is 1. The molecule has 0 amide bonds. The Morgan fingerprint density at radius 3 is 2.85 bits per heavy atom. The van der Waals surface area contributed by atoms with Gasteiger partial charge in [0.2, 0.25) is 0 Å². The lowest BCUT2D eigenvalue weighted by molar-refractivity contribution is 0.399.